The van der Waals surface area contributed by atoms with Crippen molar-refractivity contribution in [1.82, 2.24) is 0 Å². The van der Waals surface area contributed by atoms with Gasteiger partial charge in [0.15, 0.2) is 0 Å². The zero-order valence-corrected chi connectivity index (χ0v) is 15.7. The normalized spacial score (nSPS) is 45.2. The van der Waals surface area contributed by atoms with Crippen molar-refractivity contribution in [1.29, 1.82) is 5.26 Å². The highest BCUT2D eigenvalue weighted by Gasteiger charge is 2.56. The summed E-state index contributed by atoms with van der Waals surface area (Å²) in [6, 6.07) is 2.49. The highest BCUT2D eigenvalue weighted by atomic mass is 16.5. The van der Waals surface area contributed by atoms with Gasteiger partial charge in [-0.15, -0.1) is 0 Å². The van der Waals surface area contributed by atoms with E-state index in [0.29, 0.717) is 11.8 Å². The molecule has 0 aromatic rings. The van der Waals surface area contributed by atoms with Crippen LogP contribution in [0.3, 0.4) is 0 Å². The molecule has 0 radical (unpaired) electrons. The Morgan fingerprint density at radius 1 is 1.16 bits per heavy atom. The molecule has 0 aromatic carbocycles. The van der Waals surface area contributed by atoms with Crippen LogP contribution in [0, 0.1) is 39.9 Å². The molecule has 0 unspecified atom stereocenters. The van der Waals surface area contributed by atoms with Crippen LogP contribution >= 0.6 is 0 Å². The first kappa shape index (κ1) is 16.9. The highest BCUT2D eigenvalue weighted by molar-refractivity contribution is 5.66. The summed E-state index contributed by atoms with van der Waals surface area (Å²) in [5, 5.41) is 9.53. The second-order valence-electron chi connectivity index (χ2n) is 9.16. The maximum atomic E-state index is 11.3. The van der Waals surface area contributed by atoms with E-state index in [-0.39, 0.29) is 22.9 Å². The van der Waals surface area contributed by atoms with Crippen LogP contribution in [0.25, 0.3) is 0 Å². The Hall–Kier alpha value is -1.56. The molecular formula is C22H29NO2. The zero-order valence-electron chi connectivity index (χ0n) is 15.7. The molecule has 134 valence electrons. The molecule has 0 aliphatic heterocycles. The maximum absolute atomic E-state index is 11.3. The molecule has 3 nitrogen and oxygen atoms in total. The molecule has 6 atom stereocenters. The average Bonchev–Trinajstić information content (AvgIpc) is 2.91. The lowest BCUT2D eigenvalue weighted by atomic mass is 9.47. The monoisotopic (exact) mass is 339 g/mol. The Balaban J connectivity index is 1.59. The molecule has 0 spiro atoms. The summed E-state index contributed by atoms with van der Waals surface area (Å²) < 4.78 is 5.51. The van der Waals surface area contributed by atoms with Crippen molar-refractivity contribution in [2.45, 2.75) is 71.8 Å². The quantitative estimate of drug-likeness (QED) is 0.502. The molecule has 4 rings (SSSR count). The first-order chi connectivity index (χ1) is 11.9. The molecule has 4 aliphatic rings. The number of ether oxygens (including phenoxy) is 1. The third kappa shape index (κ3) is 2.40. The van der Waals surface area contributed by atoms with Crippen LogP contribution in [-0.4, -0.2) is 12.1 Å². The topological polar surface area (TPSA) is 50.1 Å². The fraction of sp³-hybridized carbons (Fsp3) is 0.727. The van der Waals surface area contributed by atoms with E-state index in [9.17, 15) is 10.1 Å². The fourth-order valence-corrected chi connectivity index (χ4v) is 6.70. The van der Waals surface area contributed by atoms with Gasteiger partial charge in [-0.05, 0) is 61.7 Å². The maximum Gasteiger partial charge on any atom is 0.302 e. The van der Waals surface area contributed by atoms with Gasteiger partial charge in [0.1, 0.15) is 6.10 Å². The third-order valence-electron chi connectivity index (χ3n) is 8.09. The van der Waals surface area contributed by atoms with Crippen molar-refractivity contribution in [3.05, 3.63) is 23.3 Å². The molecule has 0 N–H and O–H groups in total. The summed E-state index contributed by atoms with van der Waals surface area (Å²) >= 11 is 0. The lowest BCUT2D eigenvalue weighted by molar-refractivity contribution is -0.148. The number of nitriles is 1. The lowest BCUT2D eigenvalue weighted by Crippen LogP contribution is -2.50. The van der Waals surface area contributed by atoms with Crippen LogP contribution in [0.5, 0.6) is 0 Å². The predicted molar refractivity (Wildman–Crippen MR) is 96.3 cm³/mol. The number of rotatable bonds is 1. The molecule has 0 saturated heterocycles. The minimum atomic E-state index is -0.155. The number of hydrogen-bond acceptors (Lipinski definition) is 3. The van der Waals surface area contributed by atoms with Gasteiger partial charge in [-0.3, -0.25) is 4.79 Å². The molecular weight excluding hydrogens is 310 g/mol. The second-order valence-corrected chi connectivity index (χ2v) is 9.16. The lowest BCUT2D eigenvalue weighted by Gasteiger charge is -2.57. The molecule has 4 aliphatic carbocycles. The van der Waals surface area contributed by atoms with Gasteiger partial charge in [-0.2, -0.15) is 5.26 Å². The van der Waals surface area contributed by atoms with Crippen LogP contribution in [0.15, 0.2) is 23.3 Å². The molecule has 25 heavy (non-hydrogen) atoms. The van der Waals surface area contributed by atoms with Gasteiger partial charge in [-0.25, -0.2) is 0 Å². The number of esters is 1. The summed E-state index contributed by atoms with van der Waals surface area (Å²) in [5.74, 6) is 1.88. The van der Waals surface area contributed by atoms with E-state index < -0.39 is 0 Å². The van der Waals surface area contributed by atoms with Crippen molar-refractivity contribution in [2.24, 2.45) is 28.6 Å². The van der Waals surface area contributed by atoms with E-state index in [2.05, 4.69) is 32.1 Å². The fourth-order valence-electron chi connectivity index (χ4n) is 6.70. The van der Waals surface area contributed by atoms with E-state index in [1.165, 1.54) is 18.9 Å². The number of nitrogens with zero attached hydrogens (tertiary/aromatic N) is 1. The Morgan fingerprint density at radius 2 is 1.92 bits per heavy atom. The summed E-state index contributed by atoms with van der Waals surface area (Å²) in [6.07, 6.45) is 12.4. The first-order valence-electron chi connectivity index (χ1n) is 9.86. The molecule has 3 heteroatoms. The van der Waals surface area contributed by atoms with E-state index >= 15 is 0 Å². The second kappa shape index (κ2) is 5.73. The third-order valence-corrected chi connectivity index (χ3v) is 8.09. The molecule has 0 amide bonds. The largest absolute Gasteiger partial charge is 0.462 e. The summed E-state index contributed by atoms with van der Waals surface area (Å²) in [6.45, 7) is 6.30. The number of hydrogen-bond donors (Lipinski definition) is 0. The van der Waals surface area contributed by atoms with Gasteiger partial charge in [0, 0.05) is 24.3 Å². The van der Waals surface area contributed by atoms with Gasteiger partial charge in [0.2, 0.25) is 0 Å². The van der Waals surface area contributed by atoms with Crippen LogP contribution < -0.4 is 0 Å². The molecule has 2 fully saturated rings. The van der Waals surface area contributed by atoms with Gasteiger partial charge >= 0.3 is 5.97 Å². The number of carbonyl (C=O) groups excluding carboxylic acids is 1. The van der Waals surface area contributed by atoms with Crippen LogP contribution in [0.1, 0.15) is 65.7 Å². The Labute approximate surface area is 151 Å². The molecule has 0 bridgehead atoms. The number of fused-ring (bicyclic) bond motifs is 5. The first-order valence-corrected chi connectivity index (χ1v) is 9.86. The smallest absolute Gasteiger partial charge is 0.302 e. The van der Waals surface area contributed by atoms with Gasteiger partial charge in [0.25, 0.3) is 0 Å². The van der Waals surface area contributed by atoms with Crippen molar-refractivity contribution in [3.63, 3.8) is 0 Å². The van der Waals surface area contributed by atoms with E-state index in [1.807, 2.05) is 0 Å². The Morgan fingerprint density at radius 3 is 2.64 bits per heavy atom. The van der Waals surface area contributed by atoms with Gasteiger partial charge in [0.05, 0.1) is 6.07 Å². The van der Waals surface area contributed by atoms with E-state index in [1.54, 1.807) is 0 Å². The molecule has 2 saturated carbocycles. The molecule has 0 aromatic heterocycles. The van der Waals surface area contributed by atoms with Gasteiger partial charge in [-0.1, -0.05) is 31.6 Å². The summed E-state index contributed by atoms with van der Waals surface area (Å²) in [5.41, 5.74) is 2.93. The standard InChI is InChI=1S/C22H29NO2/c1-14(24)25-17-8-10-21(2)15(12-17)4-6-18-19-7-5-16(13-23)22(19,3)11-9-20(18)21/h4-5,17-20H,6-12H2,1-3H3/t17-,18+,19-,20+,21+,22+/m0/s1. The van der Waals surface area contributed by atoms with Crippen LogP contribution in [0.2, 0.25) is 0 Å². The summed E-state index contributed by atoms with van der Waals surface area (Å²) in [4.78, 5) is 11.3. The van der Waals surface area contributed by atoms with Crippen molar-refractivity contribution in [2.75, 3.05) is 0 Å². The zero-order chi connectivity index (χ0) is 17.8. The molecule has 0 heterocycles. The van der Waals surface area contributed by atoms with E-state index in [4.69, 9.17) is 4.74 Å². The van der Waals surface area contributed by atoms with Crippen molar-refractivity contribution >= 4 is 5.97 Å². The predicted octanol–water partition coefficient (Wildman–Crippen LogP) is 4.94. The van der Waals surface area contributed by atoms with Gasteiger partial charge < -0.3 is 4.74 Å². The highest BCUT2D eigenvalue weighted by Crippen LogP contribution is 2.64. The Kier molecular flexibility index (Phi) is 3.87. The minimum absolute atomic E-state index is 0.0700. The SMILES string of the molecule is CC(=O)O[C@H]1CC[C@]2(C)C(=CC[C@H]3[C@H]2CC[C@]2(C)C(C#N)=CC[C@@H]32)C1. The Bertz CT molecular complexity index is 699. The van der Waals surface area contributed by atoms with Crippen LogP contribution in [0.4, 0.5) is 0 Å². The van der Waals surface area contributed by atoms with Crippen molar-refractivity contribution < 1.29 is 9.53 Å². The number of carbonyl (C=O) groups is 1. The van der Waals surface area contributed by atoms with Crippen LogP contribution in [-0.2, 0) is 9.53 Å². The summed E-state index contributed by atoms with van der Waals surface area (Å²) in [7, 11) is 0. The van der Waals surface area contributed by atoms with Crippen molar-refractivity contribution in [3.8, 4) is 6.07 Å². The number of allylic oxidation sites excluding steroid dienone is 3. The van der Waals surface area contributed by atoms with E-state index in [0.717, 1.165) is 50.0 Å². The minimum Gasteiger partial charge on any atom is -0.462 e. The average molecular weight is 339 g/mol.